The van der Waals surface area contributed by atoms with Crippen molar-refractivity contribution in [3.63, 3.8) is 0 Å². The fraction of sp³-hybridized carbons (Fsp3) is 0.857. The van der Waals surface area contributed by atoms with Crippen molar-refractivity contribution in [2.45, 2.75) is 26.7 Å². The van der Waals surface area contributed by atoms with Crippen LogP contribution in [0, 0.1) is 5.92 Å². The summed E-state index contributed by atoms with van der Waals surface area (Å²) in [5.74, 6) is 0.364. The lowest BCUT2D eigenvalue weighted by atomic mass is 10.0. The van der Waals surface area contributed by atoms with Gasteiger partial charge in [-0.3, -0.25) is 4.39 Å². The number of Topliss-reactive ketones (excluding diaryl/α,β-unsaturated/α-hetero) is 1. The highest BCUT2D eigenvalue weighted by Crippen LogP contribution is 2.06. The summed E-state index contributed by atoms with van der Waals surface area (Å²) in [6, 6.07) is 0. The molecule has 0 saturated heterocycles. The van der Waals surface area contributed by atoms with Crippen LogP contribution < -0.4 is 0 Å². The zero-order valence-electron chi connectivity index (χ0n) is 5.98. The Labute approximate surface area is 55.3 Å². The van der Waals surface area contributed by atoms with Crippen LogP contribution in [-0.4, -0.2) is 12.5 Å². The van der Waals surface area contributed by atoms with Gasteiger partial charge in [0, 0.05) is 6.42 Å². The van der Waals surface area contributed by atoms with E-state index in [9.17, 15) is 9.18 Å². The molecule has 0 radical (unpaired) electrons. The Bertz CT molecular complexity index is 90.9. The topological polar surface area (TPSA) is 17.1 Å². The second-order valence-corrected chi connectivity index (χ2v) is 2.49. The normalized spacial score (nSPS) is 13.2. The lowest BCUT2D eigenvalue weighted by Crippen LogP contribution is -2.01. The van der Waals surface area contributed by atoms with E-state index in [-0.39, 0.29) is 18.4 Å². The first-order chi connectivity index (χ1) is 4.16. The average Bonchev–Trinajstić information content (AvgIpc) is 1.63. The lowest BCUT2D eigenvalue weighted by Gasteiger charge is -2.03. The Hall–Kier alpha value is -0.400. The van der Waals surface area contributed by atoms with Gasteiger partial charge in [-0.2, -0.15) is 0 Å². The van der Waals surface area contributed by atoms with Gasteiger partial charge < -0.3 is 4.79 Å². The molecule has 1 nitrogen and oxygen atoms in total. The second-order valence-electron chi connectivity index (χ2n) is 2.49. The van der Waals surface area contributed by atoms with Crippen molar-refractivity contribution in [3.8, 4) is 0 Å². The quantitative estimate of drug-likeness (QED) is 0.571. The van der Waals surface area contributed by atoms with Gasteiger partial charge in [0.2, 0.25) is 0 Å². The van der Waals surface area contributed by atoms with E-state index in [2.05, 4.69) is 0 Å². The fourth-order valence-electron chi connectivity index (χ4n) is 0.779. The number of hydrogen-bond donors (Lipinski definition) is 0. The first kappa shape index (κ1) is 8.60. The van der Waals surface area contributed by atoms with E-state index in [1.54, 1.807) is 0 Å². The van der Waals surface area contributed by atoms with Crippen LogP contribution in [-0.2, 0) is 4.79 Å². The van der Waals surface area contributed by atoms with Crippen LogP contribution >= 0.6 is 0 Å². The molecular formula is C7H13FO. The van der Waals surface area contributed by atoms with Crippen LogP contribution in [0.15, 0.2) is 0 Å². The van der Waals surface area contributed by atoms with Gasteiger partial charge in [-0.15, -0.1) is 0 Å². The number of ketones is 1. The highest BCUT2D eigenvalue weighted by molar-refractivity contribution is 5.75. The van der Waals surface area contributed by atoms with E-state index in [4.69, 9.17) is 0 Å². The molecule has 0 aliphatic carbocycles. The summed E-state index contributed by atoms with van der Waals surface area (Å²) in [4.78, 5) is 10.4. The van der Waals surface area contributed by atoms with Crippen molar-refractivity contribution < 1.29 is 9.18 Å². The molecule has 0 bridgehead atoms. The molecule has 0 aliphatic rings. The van der Waals surface area contributed by atoms with E-state index in [0.717, 1.165) is 0 Å². The lowest BCUT2D eigenvalue weighted by molar-refractivity contribution is -0.117. The van der Waals surface area contributed by atoms with Gasteiger partial charge in [0.1, 0.15) is 5.78 Å². The van der Waals surface area contributed by atoms with Crippen molar-refractivity contribution in [2.75, 3.05) is 6.67 Å². The molecule has 2 heteroatoms. The van der Waals surface area contributed by atoms with Gasteiger partial charge in [0.05, 0.1) is 6.67 Å². The molecule has 1 atom stereocenters. The Morgan fingerprint density at radius 3 is 2.56 bits per heavy atom. The average molecular weight is 132 g/mol. The molecule has 0 aliphatic heterocycles. The molecular weight excluding hydrogens is 119 g/mol. The van der Waals surface area contributed by atoms with Gasteiger partial charge in [-0.1, -0.05) is 6.92 Å². The first-order valence-electron chi connectivity index (χ1n) is 3.22. The largest absolute Gasteiger partial charge is 0.300 e. The van der Waals surface area contributed by atoms with E-state index in [0.29, 0.717) is 12.8 Å². The minimum Gasteiger partial charge on any atom is -0.300 e. The number of halogens is 1. The number of carbonyl (C=O) groups is 1. The Morgan fingerprint density at radius 2 is 2.22 bits per heavy atom. The summed E-state index contributed by atoms with van der Waals surface area (Å²) < 4.78 is 11.6. The van der Waals surface area contributed by atoms with Crippen LogP contribution in [0.3, 0.4) is 0 Å². The molecule has 1 unspecified atom stereocenters. The molecule has 0 amide bonds. The summed E-state index contributed by atoms with van der Waals surface area (Å²) in [6.45, 7) is 3.12. The van der Waals surface area contributed by atoms with Gasteiger partial charge in [-0.05, 0) is 19.3 Å². The highest BCUT2D eigenvalue weighted by Gasteiger charge is 2.03. The summed E-state index contributed by atoms with van der Waals surface area (Å²) in [7, 11) is 0. The Balaban J connectivity index is 3.26. The van der Waals surface area contributed by atoms with Crippen molar-refractivity contribution in [2.24, 2.45) is 5.92 Å². The molecule has 0 aromatic rings. The summed E-state index contributed by atoms with van der Waals surface area (Å²) in [6.07, 6.45) is 1.03. The molecule has 0 aromatic heterocycles. The molecule has 0 aromatic carbocycles. The van der Waals surface area contributed by atoms with Gasteiger partial charge >= 0.3 is 0 Å². The number of rotatable bonds is 4. The molecule has 54 valence electrons. The Kier molecular flexibility index (Phi) is 4.28. The highest BCUT2D eigenvalue weighted by atomic mass is 19.1. The van der Waals surface area contributed by atoms with E-state index < -0.39 is 0 Å². The molecule has 0 saturated carbocycles. The third-order valence-corrected chi connectivity index (χ3v) is 1.24. The van der Waals surface area contributed by atoms with Crippen LogP contribution in [0.1, 0.15) is 26.7 Å². The van der Waals surface area contributed by atoms with Crippen LogP contribution in [0.5, 0.6) is 0 Å². The molecule has 0 heterocycles. The SMILES string of the molecule is CC(=O)CC(C)CCF. The molecule has 9 heavy (non-hydrogen) atoms. The third kappa shape index (κ3) is 5.47. The maximum atomic E-state index is 11.6. The molecule has 0 fully saturated rings. The smallest absolute Gasteiger partial charge is 0.130 e. The zero-order chi connectivity index (χ0) is 7.28. The predicted molar refractivity (Wildman–Crippen MR) is 35.1 cm³/mol. The summed E-state index contributed by atoms with van der Waals surface area (Å²) in [5.41, 5.74) is 0. The maximum Gasteiger partial charge on any atom is 0.130 e. The summed E-state index contributed by atoms with van der Waals surface area (Å²) in [5, 5.41) is 0. The molecule has 0 rings (SSSR count). The van der Waals surface area contributed by atoms with E-state index >= 15 is 0 Å². The number of alkyl halides is 1. The van der Waals surface area contributed by atoms with Crippen LogP contribution in [0.4, 0.5) is 4.39 Å². The zero-order valence-corrected chi connectivity index (χ0v) is 5.98. The fourth-order valence-corrected chi connectivity index (χ4v) is 0.779. The minimum absolute atomic E-state index is 0.149. The predicted octanol–water partition coefficient (Wildman–Crippen LogP) is 1.96. The third-order valence-electron chi connectivity index (χ3n) is 1.24. The van der Waals surface area contributed by atoms with Crippen molar-refractivity contribution in [1.82, 2.24) is 0 Å². The number of carbonyl (C=O) groups excluding carboxylic acids is 1. The summed E-state index contributed by atoms with van der Waals surface area (Å²) >= 11 is 0. The first-order valence-corrected chi connectivity index (χ1v) is 3.22. The van der Waals surface area contributed by atoms with Crippen LogP contribution in [0.25, 0.3) is 0 Å². The standard InChI is InChI=1S/C7H13FO/c1-6(3-4-8)5-7(2)9/h6H,3-5H2,1-2H3. The molecule has 0 N–H and O–H groups in total. The van der Waals surface area contributed by atoms with Crippen molar-refractivity contribution in [3.05, 3.63) is 0 Å². The van der Waals surface area contributed by atoms with Crippen molar-refractivity contribution in [1.29, 1.82) is 0 Å². The van der Waals surface area contributed by atoms with E-state index in [1.165, 1.54) is 6.92 Å². The monoisotopic (exact) mass is 132 g/mol. The van der Waals surface area contributed by atoms with Gasteiger partial charge in [-0.25, -0.2) is 0 Å². The molecule has 0 spiro atoms. The van der Waals surface area contributed by atoms with Crippen LogP contribution in [0.2, 0.25) is 0 Å². The maximum absolute atomic E-state index is 11.6. The second kappa shape index (κ2) is 4.48. The van der Waals surface area contributed by atoms with Gasteiger partial charge in [0.15, 0.2) is 0 Å². The van der Waals surface area contributed by atoms with E-state index in [1.807, 2.05) is 6.92 Å². The van der Waals surface area contributed by atoms with Gasteiger partial charge in [0.25, 0.3) is 0 Å². The number of hydrogen-bond acceptors (Lipinski definition) is 1. The minimum atomic E-state index is -0.311. The van der Waals surface area contributed by atoms with Crippen molar-refractivity contribution >= 4 is 5.78 Å². The Morgan fingerprint density at radius 1 is 1.67 bits per heavy atom.